The van der Waals surface area contributed by atoms with Gasteiger partial charge in [0.2, 0.25) is 0 Å². The molecule has 0 heterocycles. The number of hydrogen-bond donors (Lipinski definition) is 1. The van der Waals surface area contributed by atoms with Crippen molar-refractivity contribution in [3.8, 4) is 11.1 Å². The minimum absolute atomic E-state index is 0.192. The molecule has 0 amide bonds. The number of fused-ring (bicyclic) bond motifs is 3. The van der Waals surface area contributed by atoms with Gasteiger partial charge in [-0.3, -0.25) is 0 Å². The number of carbonyl (C=O) groups excluding carboxylic acids is 1. The molecule has 2 aromatic carbocycles. The second-order valence-electron chi connectivity index (χ2n) is 7.65. The molecule has 0 aromatic heterocycles. The first-order valence-electron chi connectivity index (χ1n) is 10.7. The van der Waals surface area contributed by atoms with Crippen LogP contribution in [0.15, 0.2) is 133 Å². The van der Waals surface area contributed by atoms with E-state index in [9.17, 15) is 9.90 Å². The molecule has 0 saturated heterocycles. The lowest BCUT2D eigenvalue weighted by molar-refractivity contribution is -0.133. The van der Waals surface area contributed by atoms with Gasteiger partial charge in [-0.05, 0) is 65.5 Å². The van der Waals surface area contributed by atoms with Gasteiger partial charge >= 0.3 is 5.97 Å². The van der Waals surface area contributed by atoms with Crippen molar-refractivity contribution in [1.29, 1.82) is 0 Å². The SMILES string of the molecule is C=CC(=O)OC(/C=C\C(=C)C1(/C(C=C)=C/C=C(\C)O)c2ccccc2-c2ccccc21)=C/C. The van der Waals surface area contributed by atoms with Gasteiger partial charge < -0.3 is 9.84 Å². The van der Waals surface area contributed by atoms with E-state index in [0.29, 0.717) is 5.76 Å². The average Bonchev–Trinajstić information content (AvgIpc) is 3.13. The number of esters is 1. The van der Waals surface area contributed by atoms with E-state index in [1.54, 1.807) is 38.2 Å². The number of benzene rings is 2. The maximum atomic E-state index is 11.7. The molecule has 3 rings (SSSR count). The van der Waals surface area contributed by atoms with E-state index in [1.807, 2.05) is 36.4 Å². The monoisotopic (exact) mass is 436 g/mol. The van der Waals surface area contributed by atoms with Crippen LogP contribution in [-0.2, 0) is 14.9 Å². The Kier molecular flexibility index (Phi) is 7.14. The van der Waals surface area contributed by atoms with E-state index in [4.69, 9.17) is 4.74 Å². The molecule has 0 bridgehead atoms. The fraction of sp³-hybridized carbons (Fsp3) is 0.100. The van der Waals surface area contributed by atoms with Gasteiger partial charge in [0.05, 0.1) is 11.2 Å². The van der Waals surface area contributed by atoms with E-state index >= 15 is 0 Å². The van der Waals surface area contributed by atoms with E-state index in [1.165, 1.54) is 0 Å². The zero-order valence-corrected chi connectivity index (χ0v) is 19.0. The molecule has 1 aliphatic carbocycles. The van der Waals surface area contributed by atoms with E-state index in [2.05, 4.69) is 44.0 Å². The second-order valence-corrected chi connectivity index (χ2v) is 7.65. The summed E-state index contributed by atoms with van der Waals surface area (Å²) in [4.78, 5) is 11.7. The highest BCUT2D eigenvalue weighted by Crippen LogP contribution is 2.56. The quantitative estimate of drug-likeness (QED) is 0.205. The number of hydrogen-bond acceptors (Lipinski definition) is 3. The third kappa shape index (κ3) is 4.31. The van der Waals surface area contributed by atoms with E-state index in [0.717, 1.165) is 39.5 Å². The highest BCUT2D eigenvalue weighted by Gasteiger charge is 2.46. The first-order valence-corrected chi connectivity index (χ1v) is 10.7. The van der Waals surface area contributed by atoms with Gasteiger partial charge in [0, 0.05) is 6.08 Å². The van der Waals surface area contributed by atoms with Crippen LogP contribution < -0.4 is 0 Å². The van der Waals surface area contributed by atoms with Gasteiger partial charge in [-0.1, -0.05) is 86.5 Å². The van der Waals surface area contributed by atoms with Crippen LogP contribution in [0.25, 0.3) is 11.1 Å². The Bertz CT molecular complexity index is 1190. The smallest absolute Gasteiger partial charge is 0.335 e. The molecule has 3 heteroatoms. The predicted octanol–water partition coefficient (Wildman–Crippen LogP) is 7.27. The van der Waals surface area contributed by atoms with Crippen molar-refractivity contribution in [2.75, 3.05) is 0 Å². The Morgan fingerprint density at radius 1 is 0.939 bits per heavy atom. The number of allylic oxidation sites excluding steroid dienone is 9. The number of ether oxygens (including phenoxy) is 1. The van der Waals surface area contributed by atoms with Crippen molar-refractivity contribution in [3.05, 3.63) is 145 Å². The van der Waals surface area contributed by atoms with Crippen LogP contribution in [-0.4, -0.2) is 11.1 Å². The molecule has 0 aliphatic heterocycles. The number of rotatable bonds is 8. The maximum absolute atomic E-state index is 11.7. The summed E-state index contributed by atoms with van der Waals surface area (Å²) in [5.74, 6) is 0.0589. The van der Waals surface area contributed by atoms with Crippen LogP contribution in [0, 0.1) is 0 Å². The molecular formula is C30H28O3. The minimum atomic E-state index is -0.737. The van der Waals surface area contributed by atoms with Gasteiger partial charge in [0.25, 0.3) is 0 Å². The van der Waals surface area contributed by atoms with Crippen LogP contribution >= 0.6 is 0 Å². The average molecular weight is 437 g/mol. The van der Waals surface area contributed by atoms with Crippen molar-refractivity contribution >= 4 is 5.97 Å². The Hall–Kier alpha value is -4.11. The molecule has 0 fully saturated rings. The summed E-state index contributed by atoms with van der Waals surface area (Å²) in [5.41, 5.74) is 5.27. The van der Waals surface area contributed by atoms with E-state index < -0.39 is 11.4 Å². The summed E-state index contributed by atoms with van der Waals surface area (Å²) in [6, 6.07) is 16.4. The molecule has 0 unspecified atom stereocenters. The first-order chi connectivity index (χ1) is 15.9. The molecule has 0 atom stereocenters. The Balaban J connectivity index is 2.28. The van der Waals surface area contributed by atoms with Gasteiger partial charge in [0.15, 0.2) is 0 Å². The normalized spacial score (nSPS) is 15.0. The topological polar surface area (TPSA) is 46.5 Å². The molecule has 0 saturated carbocycles. The molecule has 0 spiro atoms. The predicted molar refractivity (Wildman–Crippen MR) is 136 cm³/mol. The van der Waals surface area contributed by atoms with Gasteiger partial charge in [-0.25, -0.2) is 4.79 Å². The zero-order chi connectivity index (χ0) is 24.0. The lowest BCUT2D eigenvalue weighted by Gasteiger charge is -2.35. The highest BCUT2D eigenvalue weighted by molar-refractivity contribution is 5.87. The number of aliphatic hydroxyl groups is 1. The molecule has 33 heavy (non-hydrogen) atoms. The highest BCUT2D eigenvalue weighted by atomic mass is 16.5. The molecule has 1 aliphatic rings. The van der Waals surface area contributed by atoms with Gasteiger partial charge in [-0.15, -0.1) is 0 Å². The fourth-order valence-corrected chi connectivity index (χ4v) is 4.29. The Labute approximate surface area is 195 Å². The van der Waals surface area contributed by atoms with Crippen molar-refractivity contribution in [1.82, 2.24) is 0 Å². The lowest BCUT2D eigenvalue weighted by atomic mass is 9.67. The molecule has 2 aromatic rings. The summed E-state index contributed by atoms with van der Waals surface area (Å²) in [7, 11) is 0. The largest absolute Gasteiger partial charge is 0.513 e. The lowest BCUT2D eigenvalue weighted by Crippen LogP contribution is -2.29. The Morgan fingerprint density at radius 3 is 2.00 bits per heavy atom. The minimum Gasteiger partial charge on any atom is -0.513 e. The summed E-state index contributed by atoms with van der Waals surface area (Å²) < 4.78 is 5.30. The van der Waals surface area contributed by atoms with Gasteiger partial charge in [-0.2, -0.15) is 0 Å². The molecule has 166 valence electrons. The van der Waals surface area contributed by atoms with Crippen LogP contribution in [0.3, 0.4) is 0 Å². The molecule has 0 radical (unpaired) electrons. The van der Waals surface area contributed by atoms with Crippen LogP contribution in [0.4, 0.5) is 0 Å². The first kappa shape index (κ1) is 23.6. The maximum Gasteiger partial charge on any atom is 0.335 e. The molecule has 1 N–H and O–H groups in total. The zero-order valence-electron chi connectivity index (χ0n) is 19.0. The molecule has 3 nitrogen and oxygen atoms in total. The summed E-state index contributed by atoms with van der Waals surface area (Å²) in [5, 5.41) is 9.85. The summed E-state index contributed by atoms with van der Waals surface area (Å²) >= 11 is 0. The Morgan fingerprint density at radius 2 is 1.52 bits per heavy atom. The third-order valence-corrected chi connectivity index (χ3v) is 5.71. The molecular weight excluding hydrogens is 408 g/mol. The van der Waals surface area contributed by atoms with Crippen LogP contribution in [0.5, 0.6) is 0 Å². The van der Waals surface area contributed by atoms with Crippen LogP contribution in [0.1, 0.15) is 25.0 Å². The number of carbonyl (C=O) groups is 1. The summed E-state index contributed by atoms with van der Waals surface area (Å²) in [6.45, 7) is 15.4. The third-order valence-electron chi connectivity index (χ3n) is 5.71. The fourth-order valence-electron chi connectivity index (χ4n) is 4.29. The van der Waals surface area contributed by atoms with Crippen molar-refractivity contribution in [2.45, 2.75) is 19.3 Å². The second kappa shape index (κ2) is 10.0. The standard InChI is InChI=1S/C30H28O3/c1-6-23(19-18-22(5)31)30(21(4)17-20-24(7-2)33-29(32)8-3)27-15-11-9-13-25(27)26-14-10-12-16-28(26)30/h6-20,31H,1,3-4H2,2,5H3/b20-17-,22-18+,23-19+,24-7+. The van der Waals surface area contributed by atoms with E-state index in [-0.39, 0.29) is 5.76 Å². The van der Waals surface area contributed by atoms with Crippen molar-refractivity contribution in [2.24, 2.45) is 0 Å². The summed E-state index contributed by atoms with van der Waals surface area (Å²) in [6.07, 6.45) is 11.7. The number of aliphatic hydroxyl groups excluding tert-OH is 1. The van der Waals surface area contributed by atoms with Gasteiger partial charge in [0.1, 0.15) is 5.76 Å². The van der Waals surface area contributed by atoms with Crippen LogP contribution in [0.2, 0.25) is 0 Å². The van der Waals surface area contributed by atoms with Crippen molar-refractivity contribution < 1.29 is 14.6 Å². The van der Waals surface area contributed by atoms with Crippen molar-refractivity contribution in [3.63, 3.8) is 0 Å².